The molecule has 0 saturated carbocycles. The van der Waals surface area contributed by atoms with E-state index in [9.17, 15) is 12.8 Å². The predicted octanol–water partition coefficient (Wildman–Crippen LogP) is 0.250. The van der Waals surface area contributed by atoms with E-state index >= 15 is 0 Å². The second kappa shape index (κ2) is 5.32. The fourth-order valence-corrected chi connectivity index (χ4v) is 2.91. The van der Waals surface area contributed by atoms with Gasteiger partial charge in [0.1, 0.15) is 22.3 Å². The van der Waals surface area contributed by atoms with Crippen molar-refractivity contribution in [3.63, 3.8) is 0 Å². The molecule has 0 amide bonds. The number of H-pyrrole nitrogens is 1. The van der Waals surface area contributed by atoms with Crippen molar-refractivity contribution in [2.45, 2.75) is 17.9 Å². The molecule has 10 heteroatoms. The van der Waals surface area contributed by atoms with Gasteiger partial charge in [-0.2, -0.15) is 10.5 Å². The number of rotatable bonds is 4. The summed E-state index contributed by atoms with van der Waals surface area (Å²) in [6, 6.07) is 4.12. The molecule has 2 rings (SSSR count). The summed E-state index contributed by atoms with van der Waals surface area (Å²) in [5, 5.41) is 21.6. The van der Waals surface area contributed by atoms with Gasteiger partial charge in [-0.25, -0.2) is 17.5 Å². The number of nitriles is 1. The zero-order chi connectivity index (χ0) is 14.8. The van der Waals surface area contributed by atoms with Crippen LogP contribution < -0.4 is 4.72 Å². The lowest BCUT2D eigenvalue weighted by atomic mass is 10.2. The molecule has 0 saturated heterocycles. The second-order valence-electron chi connectivity index (χ2n) is 3.84. The summed E-state index contributed by atoms with van der Waals surface area (Å²) in [5.41, 5.74) is -0.541. The zero-order valence-corrected chi connectivity index (χ0v) is 11.0. The number of nitrogens with zero attached hydrogens (tertiary/aromatic N) is 4. The quantitative estimate of drug-likeness (QED) is 0.833. The van der Waals surface area contributed by atoms with E-state index in [-0.39, 0.29) is 5.82 Å². The number of aromatic amines is 1. The first-order chi connectivity index (χ1) is 9.45. The normalized spacial score (nSPS) is 12.8. The van der Waals surface area contributed by atoms with Crippen molar-refractivity contribution in [3.05, 3.63) is 35.4 Å². The van der Waals surface area contributed by atoms with E-state index in [1.807, 2.05) is 0 Å². The minimum atomic E-state index is -4.08. The Balaban J connectivity index is 2.37. The third-order valence-electron chi connectivity index (χ3n) is 2.46. The summed E-state index contributed by atoms with van der Waals surface area (Å²) in [4.78, 5) is -0.435. The molecule has 0 aliphatic rings. The number of nitrogens with one attached hydrogen (secondary N) is 2. The largest absolute Gasteiger partial charge is 0.242 e. The van der Waals surface area contributed by atoms with E-state index in [1.54, 1.807) is 0 Å². The molecule has 0 aliphatic carbocycles. The van der Waals surface area contributed by atoms with Gasteiger partial charge >= 0.3 is 0 Å². The molecule has 1 heterocycles. The molecule has 8 nitrogen and oxygen atoms in total. The van der Waals surface area contributed by atoms with E-state index in [4.69, 9.17) is 5.26 Å². The first-order valence-corrected chi connectivity index (χ1v) is 6.88. The van der Waals surface area contributed by atoms with Gasteiger partial charge in [0, 0.05) is 0 Å². The smallest absolute Gasteiger partial charge is 0.207 e. The summed E-state index contributed by atoms with van der Waals surface area (Å²) < 4.78 is 40.0. The number of hydrogen-bond donors (Lipinski definition) is 2. The topological polar surface area (TPSA) is 124 Å². The van der Waals surface area contributed by atoms with Crippen LogP contribution in [0.25, 0.3) is 0 Å². The average Bonchev–Trinajstić information content (AvgIpc) is 2.91. The Hall–Kier alpha value is -2.38. The number of benzene rings is 1. The van der Waals surface area contributed by atoms with Gasteiger partial charge in [0.2, 0.25) is 10.0 Å². The minimum absolute atomic E-state index is 0.128. The van der Waals surface area contributed by atoms with Crippen LogP contribution in [-0.4, -0.2) is 29.0 Å². The van der Waals surface area contributed by atoms with Gasteiger partial charge in [0.15, 0.2) is 5.82 Å². The Bertz CT molecular complexity index is 753. The number of sulfonamides is 1. The zero-order valence-electron chi connectivity index (χ0n) is 10.2. The van der Waals surface area contributed by atoms with Crippen molar-refractivity contribution in [3.8, 4) is 6.07 Å². The number of hydrogen-bond acceptors (Lipinski definition) is 6. The highest BCUT2D eigenvalue weighted by molar-refractivity contribution is 7.89. The minimum Gasteiger partial charge on any atom is -0.207 e. The maximum absolute atomic E-state index is 13.4. The lowest BCUT2D eigenvalue weighted by Gasteiger charge is -2.11. The van der Waals surface area contributed by atoms with Gasteiger partial charge in [-0.1, -0.05) is 11.3 Å². The van der Waals surface area contributed by atoms with Gasteiger partial charge in [-0.05, 0) is 19.1 Å². The lowest BCUT2D eigenvalue weighted by Crippen LogP contribution is -2.28. The molecule has 20 heavy (non-hydrogen) atoms. The monoisotopic (exact) mass is 296 g/mol. The summed E-state index contributed by atoms with van der Waals surface area (Å²) in [7, 11) is -4.08. The number of aromatic nitrogens is 4. The number of tetrazole rings is 1. The van der Waals surface area contributed by atoms with Gasteiger partial charge in [-0.15, -0.1) is 10.2 Å². The Labute approximate surface area is 113 Å². The van der Waals surface area contributed by atoms with Crippen molar-refractivity contribution < 1.29 is 12.8 Å². The second-order valence-corrected chi connectivity index (χ2v) is 5.52. The summed E-state index contributed by atoms with van der Waals surface area (Å²) >= 11 is 0. The third kappa shape index (κ3) is 2.63. The van der Waals surface area contributed by atoms with Gasteiger partial charge in [-0.3, -0.25) is 0 Å². The molecule has 2 aromatic rings. The van der Waals surface area contributed by atoms with Gasteiger partial charge in [0.25, 0.3) is 0 Å². The van der Waals surface area contributed by atoms with Gasteiger partial charge < -0.3 is 0 Å². The summed E-state index contributed by atoms with van der Waals surface area (Å²) in [6.45, 7) is 1.49. The van der Waals surface area contributed by atoms with Gasteiger partial charge in [0.05, 0.1) is 6.04 Å². The highest BCUT2D eigenvalue weighted by Gasteiger charge is 2.25. The van der Waals surface area contributed by atoms with Crippen LogP contribution in [0.4, 0.5) is 4.39 Å². The number of halogens is 1. The van der Waals surface area contributed by atoms with E-state index in [1.165, 1.54) is 19.1 Å². The van der Waals surface area contributed by atoms with Crippen LogP contribution in [0, 0.1) is 17.1 Å². The summed E-state index contributed by atoms with van der Waals surface area (Å²) in [6.07, 6.45) is 0. The van der Waals surface area contributed by atoms with E-state index in [0.717, 1.165) is 12.1 Å². The molecule has 1 unspecified atom stereocenters. The molecule has 1 aromatic heterocycles. The van der Waals surface area contributed by atoms with Crippen molar-refractivity contribution in [2.75, 3.05) is 0 Å². The fourth-order valence-electron chi connectivity index (χ4n) is 1.54. The van der Waals surface area contributed by atoms with E-state index in [0.29, 0.717) is 0 Å². The van der Waals surface area contributed by atoms with Crippen LogP contribution in [0.15, 0.2) is 23.1 Å². The molecule has 0 bridgehead atoms. The van der Waals surface area contributed by atoms with Crippen molar-refractivity contribution in [2.24, 2.45) is 0 Å². The van der Waals surface area contributed by atoms with Crippen molar-refractivity contribution >= 4 is 10.0 Å². The Morgan fingerprint density at radius 3 is 2.85 bits per heavy atom. The van der Waals surface area contributed by atoms with Crippen molar-refractivity contribution in [1.82, 2.24) is 25.3 Å². The first kappa shape index (κ1) is 14.0. The fraction of sp³-hybridized carbons (Fsp3) is 0.200. The van der Waals surface area contributed by atoms with E-state index in [2.05, 4.69) is 25.3 Å². The average molecular weight is 296 g/mol. The predicted molar refractivity (Wildman–Crippen MR) is 64.0 cm³/mol. The van der Waals surface area contributed by atoms with Crippen LogP contribution in [0.2, 0.25) is 0 Å². The molecule has 0 spiro atoms. The van der Waals surface area contributed by atoms with Crippen molar-refractivity contribution in [1.29, 1.82) is 5.26 Å². The van der Waals surface area contributed by atoms with Crippen LogP contribution in [0.3, 0.4) is 0 Å². The molecule has 0 fully saturated rings. The Morgan fingerprint density at radius 1 is 1.50 bits per heavy atom. The first-order valence-electron chi connectivity index (χ1n) is 5.40. The molecule has 104 valence electrons. The highest BCUT2D eigenvalue weighted by Crippen LogP contribution is 2.19. The maximum Gasteiger partial charge on any atom is 0.242 e. The molecular weight excluding hydrogens is 287 g/mol. The molecule has 1 atom stereocenters. The molecular formula is C10H9FN6O2S. The maximum atomic E-state index is 13.4. The molecule has 0 aliphatic heterocycles. The van der Waals surface area contributed by atoms with Crippen LogP contribution in [0.1, 0.15) is 24.4 Å². The molecule has 0 radical (unpaired) electrons. The van der Waals surface area contributed by atoms with Crippen LogP contribution >= 0.6 is 0 Å². The van der Waals surface area contributed by atoms with E-state index < -0.39 is 32.3 Å². The molecule has 2 N–H and O–H groups in total. The Kier molecular flexibility index (Phi) is 3.73. The SMILES string of the molecule is CC(NS(=O)(=O)c1cccc(F)c1C#N)c1nn[nH]n1. The molecule has 1 aromatic carbocycles. The van der Waals surface area contributed by atoms with Crippen LogP contribution in [0.5, 0.6) is 0 Å². The standard InChI is InChI=1S/C10H9FN6O2S/c1-6(10-13-16-17-14-10)15-20(18,19)9-4-2-3-8(11)7(9)5-12/h2-4,6,15H,1H3,(H,13,14,16,17). The highest BCUT2D eigenvalue weighted by atomic mass is 32.2. The Morgan fingerprint density at radius 2 is 2.25 bits per heavy atom. The van der Waals surface area contributed by atoms with Crippen LogP contribution in [-0.2, 0) is 10.0 Å². The third-order valence-corrected chi connectivity index (χ3v) is 4.04. The lowest BCUT2D eigenvalue weighted by molar-refractivity contribution is 0.556. The summed E-state index contributed by atoms with van der Waals surface area (Å²) in [5.74, 6) is -0.772.